The van der Waals surface area contributed by atoms with E-state index in [1.165, 1.54) is 0 Å². The van der Waals surface area contributed by atoms with Crippen LogP contribution in [0.2, 0.25) is 5.15 Å². The summed E-state index contributed by atoms with van der Waals surface area (Å²) >= 11 is 5.66. The Morgan fingerprint density at radius 3 is 3.00 bits per heavy atom. The van der Waals surface area contributed by atoms with Crippen molar-refractivity contribution in [2.45, 2.75) is 6.92 Å². The lowest BCUT2D eigenvalue weighted by molar-refractivity contribution is 0.875. The van der Waals surface area contributed by atoms with E-state index >= 15 is 0 Å². The van der Waals surface area contributed by atoms with E-state index in [0.717, 1.165) is 5.82 Å². The number of nitrogens with zero attached hydrogens (tertiary/aromatic N) is 4. The van der Waals surface area contributed by atoms with E-state index in [9.17, 15) is 0 Å². The third-order valence-electron chi connectivity index (χ3n) is 1.39. The summed E-state index contributed by atoms with van der Waals surface area (Å²) in [5.74, 6) is 0.738. The molecule has 0 aliphatic carbocycles. The monoisotopic (exact) mass is 168 g/mol. The van der Waals surface area contributed by atoms with Gasteiger partial charge in [0.15, 0.2) is 11.5 Å². The van der Waals surface area contributed by atoms with Gasteiger partial charge in [0.1, 0.15) is 5.15 Å². The van der Waals surface area contributed by atoms with Gasteiger partial charge in [-0.15, -0.1) is 10.2 Å². The fourth-order valence-corrected chi connectivity index (χ4v) is 1.01. The van der Waals surface area contributed by atoms with Gasteiger partial charge in [-0.05, 0) is 19.1 Å². The van der Waals surface area contributed by atoms with Crippen molar-refractivity contribution in [3.8, 4) is 0 Å². The summed E-state index contributed by atoms with van der Waals surface area (Å²) in [5, 5.41) is 12.1. The van der Waals surface area contributed by atoms with Gasteiger partial charge in [0.25, 0.3) is 0 Å². The first-order chi connectivity index (χ1) is 5.27. The standard InChI is InChI=1S/C6H5ClN4/c1-4-8-9-6-3-2-5(7)10-11(4)6/h2-3H,1H3. The Balaban J connectivity index is 2.87. The van der Waals surface area contributed by atoms with E-state index in [-0.39, 0.29) is 0 Å². The van der Waals surface area contributed by atoms with Crippen LogP contribution in [0.5, 0.6) is 0 Å². The summed E-state index contributed by atoms with van der Waals surface area (Å²) < 4.78 is 1.60. The highest BCUT2D eigenvalue weighted by molar-refractivity contribution is 6.29. The molecule has 0 unspecified atom stereocenters. The molecular formula is C6H5ClN4. The molecule has 0 N–H and O–H groups in total. The van der Waals surface area contributed by atoms with Crippen molar-refractivity contribution in [2.24, 2.45) is 0 Å². The molecule has 11 heavy (non-hydrogen) atoms. The Bertz CT molecular complexity index is 394. The number of hydrogen-bond donors (Lipinski definition) is 0. The van der Waals surface area contributed by atoms with Gasteiger partial charge in [-0.25, -0.2) is 0 Å². The smallest absolute Gasteiger partial charge is 0.177 e. The van der Waals surface area contributed by atoms with Crippen molar-refractivity contribution in [3.05, 3.63) is 23.1 Å². The van der Waals surface area contributed by atoms with Gasteiger partial charge < -0.3 is 0 Å². The van der Waals surface area contributed by atoms with E-state index in [4.69, 9.17) is 11.6 Å². The summed E-state index contributed by atoms with van der Waals surface area (Å²) in [6.45, 7) is 1.82. The topological polar surface area (TPSA) is 43.1 Å². The summed E-state index contributed by atoms with van der Waals surface area (Å²) in [6.07, 6.45) is 0. The van der Waals surface area contributed by atoms with Crippen molar-refractivity contribution in [1.82, 2.24) is 19.8 Å². The van der Waals surface area contributed by atoms with Crippen LogP contribution in [0.25, 0.3) is 5.65 Å². The fourth-order valence-electron chi connectivity index (χ4n) is 0.874. The highest BCUT2D eigenvalue weighted by atomic mass is 35.5. The number of aryl methyl sites for hydroxylation is 1. The Morgan fingerprint density at radius 1 is 1.36 bits per heavy atom. The zero-order chi connectivity index (χ0) is 7.84. The second-order valence-corrected chi connectivity index (χ2v) is 2.56. The lowest BCUT2D eigenvalue weighted by Crippen LogP contribution is -1.93. The van der Waals surface area contributed by atoms with Crippen LogP contribution in [0.4, 0.5) is 0 Å². The van der Waals surface area contributed by atoms with Crippen molar-refractivity contribution >= 4 is 17.2 Å². The largest absolute Gasteiger partial charge is 0.196 e. The Labute approximate surface area is 67.8 Å². The van der Waals surface area contributed by atoms with Crippen molar-refractivity contribution in [2.75, 3.05) is 0 Å². The molecule has 0 saturated heterocycles. The molecule has 0 saturated carbocycles. The molecule has 2 aromatic heterocycles. The van der Waals surface area contributed by atoms with Gasteiger partial charge in [-0.1, -0.05) is 11.6 Å². The summed E-state index contributed by atoms with van der Waals surface area (Å²) in [4.78, 5) is 0. The molecule has 0 bridgehead atoms. The van der Waals surface area contributed by atoms with Crippen LogP contribution in [-0.4, -0.2) is 19.8 Å². The van der Waals surface area contributed by atoms with E-state index in [0.29, 0.717) is 10.8 Å². The Morgan fingerprint density at radius 2 is 2.18 bits per heavy atom. The lowest BCUT2D eigenvalue weighted by Gasteiger charge is -1.91. The first kappa shape index (κ1) is 6.54. The molecule has 5 heteroatoms. The molecule has 2 aromatic rings. The first-order valence-electron chi connectivity index (χ1n) is 3.12. The average molecular weight is 169 g/mol. The molecule has 0 atom stereocenters. The highest BCUT2D eigenvalue weighted by Gasteiger charge is 2.00. The Kier molecular flexibility index (Phi) is 1.29. The summed E-state index contributed by atoms with van der Waals surface area (Å²) in [7, 11) is 0. The van der Waals surface area contributed by atoms with Gasteiger partial charge in [0, 0.05) is 0 Å². The van der Waals surface area contributed by atoms with Crippen LogP contribution >= 0.6 is 11.6 Å². The van der Waals surface area contributed by atoms with Crippen LogP contribution in [0.3, 0.4) is 0 Å². The van der Waals surface area contributed by atoms with Crippen molar-refractivity contribution < 1.29 is 0 Å². The van der Waals surface area contributed by atoms with E-state index in [1.807, 2.05) is 6.92 Å². The number of rotatable bonds is 0. The maximum Gasteiger partial charge on any atom is 0.177 e. The van der Waals surface area contributed by atoms with Crippen molar-refractivity contribution in [1.29, 1.82) is 0 Å². The predicted octanol–water partition coefficient (Wildman–Crippen LogP) is 1.09. The Hall–Kier alpha value is -1.16. The molecule has 4 nitrogen and oxygen atoms in total. The SMILES string of the molecule is Cc1nnc2ccc(Cl)nn12. The van der Waals surface area contributed by atoms with Crippen LogP contribution in [0.15, 0.2) is 12.1 Å². The molecule has 0 fully saturated rings. The maximum absolute atomic E-state index is 5.66. The van der Waals surface area contributed by atoms with Gasteiger partial charge in [-0.2, -0.15) is 9.61 Å². The third-order valence-corrected chi connectivity index (χ3v) is 1.59. The molecule has 0 aliphatic rings. The third kappa shape index (κ3) is 0.952. The second-order valence-electron chi connectivity index (χ2n) is 2.17. The van der Waals surface area contributed by atoms with E-state index in [1.54, 1.807) is 16.6 Å². The lowest BCUT2D eigenvalue weighted by atomic mass is 10.5. The number of fused-ring (bicyclic) bond motifs is 1. The number of halogens is 1. The minimum absolute atomic E-state index is 0.445. The number of hydrogen-bond acceptors (Lipinski definition) is 3. The number of aromatic nitrogens is 4. The minimum Gasteiger partial charge on any atom is -0.196 e. The van der Waals surface area contributed by atoms with E-state index in [2.05, 4.69) is 15.3 Å². The molecule has 2 rings (SSSR count). The summed E-state index contributed by atoms with van der Waals surface area (Å²) in [6, 6.07) is 3.46. The molecule has 0 radical (unpaired) electrons. The predicted molar refractivity (Wildman–Crippen MR) is 40.5 cm³/mol. The van der Waals surface area contributed by atoms with Crippen LogP contribution in [0, 0.1) is 6.92 Å². The molecule has 56 valence electrons. The van der Waals surface area contributed by atoms with Crippen LogP contribution in [0.1, 0.15) is 5.82 Å². The summed E-state index contributed by atoms with van der Waals surface area (Å²) in [5.41, 5.74) is 0.715. The molecule has 0 aliphatic heterocycles. The van der Waals surface area contributed by atoms with Gasteiger partial charge >= 0.3 is 0 Å². The zero-order valence-corrected chi connectivity index (χ0v) is 6.58. The quantitative estimate of drug-likeness (QED) is 0.592. The van der Waals surface area contributed by atoms with Gasteiger partial charge in [0.05, 0.1) is 0 Å². The average Bonchev–Trinajstić information content (AvgIpc) is 2.33. The highest BCUT2D eigenvalue weighted by Crippen LogP contribution is 2.05. The van der Waals surface area contributed by atoms with E-state index < -0.39 is 0 Å². The molecule has 0 aromatic carbocycles. The van der Waals surface area contributed by atoms with Gasteiger partial charge in [-0.3, -0.25) is 0 Å². The zero-order valence-electron chi connectivity index (χ0n) is 5.82. The minimum atomic E-state index is 0.445. The molecular weight excluding hydrogens is 164 g/mol. The fraction of sp³-hybridized carbons (Fsp3) is 0.167. The van der Waals surface area contributed by atoms with Crippen molar-refractivity contribution in [3.63, 3.8) is 0 Å². The van der Waals surface area contributed by atoms with Gasteiger partial charge in [0.2, 0.25) is 0 Å². The van der Waals surface area contributed by atoms with Crippen LogP contribution in [-0.2, 0) is 0 Å². The second kappa shape index (κ2) is 2.17. The first-order valence-corrected chi connectivity index (χ1v) is 3.50. The molecule has 2 heterocycles. The normalized spacial score (nSPS) is 10.7. The molecule has 0 amide bonds. The maximum atomic E-state index is 5.66. The van der Waals surface area contributed by atoms with Crippen LogP contribution < -0.4 is 0 Å². The molecule has 0 spiro atoms.